The fourth-order valence-corrected chi connectivity index (χ4v) is 3.85. The minimum Gasteiger partial charge on any atom is -0.258 e. The lowest BCUT2D eigenvalue weighted by Gasteiger charge is -2.10. The number of aromatic nitrogens is 1. The lowest BCUT2D eigenvalue weighted by molar-refractivity contribution is -0.384. The molecule has 0 bridgehead atoms. The highest BCUT2D eigenvalue weighted by atomic mass is 35.5. The third-order valence-electron chi connectivity index (χ3n) is 3.62. The molecule has 2 aromatic carbocycles. The van der Waals surface area contributed by atoms with Gasteiger partial charge in [-0.15, -0.1) is 0 Å². The third-order valence-corrected chi connectivity index (χ3v) is 5.66. The van der Waals surface area contributed by atoms with Crippen molar-refractivity contribution in [3.05, 3.63) is 76.8 Å². The zero-order valence-electron chi connectivity index (χ0n) is 12.9. The molecule has 0 N–H and O–H groups in total. The topological polar surface area (TPSA) is 56.0 Å². The van der Waals surface area contributed by atoms with Gasteiger partial charge in [0.15, 0.2) is 0 Å². The lowest BCUT2D eigenvalue weighted by Crippen LogP contribution is -1.97. The molecule has 1 aromatic heterocycles. The molecule has 10 heteroatoms. The van der Waals surface area contributed by atoms with Gasteiger partial charge in [-0.1, -0.05) is 69.6 Å². The number of benzene rings is 2. The fraction of sp³-hybridized carbons (Fsp3) is 0. The van der Waals surface area contributed by atoms with Crippen LogP contribution in [0.2, 0.25) is 30.1 Å². The highest BCUT2D eigenvalue weighted by molar-refractivity contribution is 6.45. The van der Waals surface area contributed by atoms with Gasteiger partial charge < -0.3 is 0 Å². The molecule has 0 aliphatic carbocycles. The molecular formula is C17H6Cl6N2O2. The van der Waals surface area contributed by atoms with Crippen molar-refractivity contribution in [2.75, 3.05) is 0 Å². The number of nitro groups is 1. The van der Waals surface area contributed by atoms with Gasteiger partial charge in [0, 0.05) is 39.0 Å². The van der Waals surface area contributed by atoms with E-state index in [1.807, 2.05) is 0 Å². The van der Waals surface area contributed by atoms with Crippen molar-refractivity contribution in [3.8, 4) is 22.4 Å². The molecule has 0 saturated carbocycles. The summed E-state index contributed by atoms with van der Waals surface area (Å²) in [5, 5.41) is 12.9. The molecule has 4 nitrogen and oxygen atoms in total. The van der Waals surface area contributed by atoms with Crippen LogP contribution in [0.3, 0.4) is 0 Å². The summed E-state index contributed by atoms with van der Waals surface area (Å²) in [6, 6.07) is 7.20. The summed E-state index contributed by atoms with van der Waals surface area (Å²) < 4.78 is 0. The van der Waals surface area contributed by atoms with E-state index in [9.17, 15) is 10.1 Å². The van der Waals surface area contributed by atoms with Gasteiger partial charge in [-0.05, 0) is 24.3 Å². The molecule has 0 amide bonds. The first-order valence-electron chi connectivity index (χ1n) is 7.13. The van der Waals surface area contributed by atoms with E-state index < -0.39 is 4.92 Å². The van der Waals surface area contributed by atoms with Crippen LogP contribution in [0.15, 0.2) is 36.5 Å². The minimum atomic E-state index is -0.586. The standard InChI is InChI=1S/C17H6Cl6N2O2/c18-8-2-10(15(22)12(20)4-8)7-1-14(25(26)27)17(24-6-7)11-3-9(19)5-13(21)16(11)23/h1-6H. The predicted octanol–water partition coefficient (Wildman–Crippen LogP) is 8.24. The van der Waals surface area contributed by atoms with Crippen LogP contribution >= 0.6 is 69.6 Å². The number of nitrogens with zero attached hydrogens (tertiary/aromatic N) is 2. The second-order valence-electron chi connectivity index (χ2n) is 5.35. The quantitative estimate of drug-likeness (QED) is 0.214. The smallest absolute Gasteiger partial charge is 0.258 e. The Kier molecular flexibility index (Phi) is 6.06. The summed E-state index contributed by atoms with van der Waals surface area (Å²) in [5.74, 6) is 0. The van der Waals surface area contributed by atoms with E-state index in [0.717, 1.165) is 0 Å². The molecule has 0 saturated heterocycles. The average molecular weight is 483 g/mol. The predicted molar refractivity (Wildman–Crippen MR) is 112 cm³/mol. The molecule has 0 radical (unpaired) electrons. The van der Waals surface area contributed by atoms with Gasteiger partial charge in [0.05, 0.1) is 25.0 Å². The molecule has 0 aliphatic heterocycles. The van der Waals surface area contributed by atoms with Gasteiger partial charge in [0.25, 0.3) is 5.69 Å². The van der Waals surface area contributed by atoms with Crippen LogP contribution in [0, 0.1) is 10.1 Å². The molecule has 3 rings (SSSR count). The van der Waals surface area contributed by atoms with Gasteiger partial charge in [-0.2, -0.15) is 0 Å². The van der Waals surface area contributed by atoms with E-state index >= 15 is 0 Å². The van der Waals surface area contributed by atoms with E-state index in [1.165, 1.54) is 30.5 Å². The van der Waals surface area contributed by atoms with Crippen LogP contribution in [0.5, 0.6) is 0 Å². The molecule has 0 atom stereocenters. The van der Waals surface area contributed by atoms with Crippen LogP contribution in [0.4, 0.5) is 5.69 Å². The number of hydrogen-bond donors (Lipinski definition) is 0. The van der Waals surface area contributed by atoms with Crippen LogP contribution < -0.4 is 0 Å². The van der Waals surface area contributed by atoms with Gasteiger partial charge in [-0.25, -0.2) is 4.98 Å². The fourth-order valence-electron chi connectivity index (χ4n) is 2.44. The Morgan fingerprint density at radius 2 is 1.30 bits per heavy atom. The zero-order valence-corrected chi connectivity index (χ0v) is 17.5. The highest BCUT2D eigenvalue weighted by Gasteiger charge is 2.23. The van der Waals surface area contributed by atoms with Crippen LogP contribution in [0.1, 0.15) is 0 Å². The maximum absolute atomic E-state index is 11.6. The number of pyridine rings is 1. The van der Waals surface area contributed by atoms with Gasteiger partial charge in [0.1, 0.15) is 5.69 Å². The number of halogens is 6. The molecule has 1 heterocycles. The first-order chi connectivity index (χ1) is 12.7. The van der Waals surface area contributed by atoms with E-state index in [1.54, 1.807) is 6.07 Å². The van der Waals surface area contributed by atoms with Crippen molar-refractivity contribution >= 4 is 75.3 Å². The molecule has 0 unspecified atom stereocenters. The maximum Gasteiger partial charge on any atom is 0.296 e. The molecule has 138 valence electrons. The van der Waals surface area contributed by atoms with Crippen molar-refractivity contribution in [1.29, 1.82) is 0 Å². The zero-order chi connectivity index (χ0) is 19.9. The Bertz CT molecular complexity index is 1090. The van der Waals surface area contributed by atoms with Crippen molar-refractivity contribution in [2.45, 2.75) is 0 Å². The van der Waals surface area contributed by atoms with Gasteiger partial charge in [0.2, 0.25) is 0 Å². The van der Waals surface area contributed by atoms with Crippen molar-refractivity contribution in [1.82, 2.24) is 4.98 Å². The van der Waals surface area contributed by atoms with E-state index in [0.29, 0.717) is 16.1 Å². The summed E-state index contributed by atoms with van der Waals surface area (Å²) in [7, 11) is 0. The summed E-state index contributed by atoms with van der Waals surface area (Å²) >= 11 is 36.5. The van der Waals surface area contributed by atoms with E-state index in [4.69, 9.17) is 69.6 Å². The normalized spacial score (nSPS) is 10.9. The first kappa shape index (κ1) is 20.5. The average Bonchev–Trinajstić information content (AvgIpc) is 2.60. The van der Waals surface area contributed by atoms with Crippen molar-refractivity contribution in [2.24, 2.45) is 0 Å². The van der Waals surface area contributed by atoms with Crippen molar-refractivity contribution < 1.29 is 4.92 Å². The number of hydrogen-bond acceptors (Lipinski definition) is 3. The summed E-state index contributed by atoms with van der Waals surface area (Å²) in [4.78, 5) is 15.3. The van der Waals surface area contributed by atoms with Crippen molar-refractivity contribution in [3.63, 3.8) is 0 Å². The van der Waals surface area contributed by atoms with Gasteiger partial charge >= 0.3 is 0 Å². The largest absolute Gasteiger partial charge is 0.296 e. The summed E-state index contributed by atoms with van der Waals surface area (Å²) in [5.41, 5.74) is 0.723. The van der Waals surface area contributed by atoms with Crippen LogP contribution in [-0.2, 0) is 0 Å². The summed E-state index contributed by atoms with van der Waals surface area (Å²) in [6.07, 6.45) is 1.40. The lowest BCUT2D eigenvalue weighted by atomic mass is 10.0. The maximum atomic E-state index is 11.6. The SMILES string of the molecule is O=[N+]([O-])c1cc(-c2cc(Cl)cc(Cl)c2Cl)cnc1-c1cc(Cl)cc(Cl)c1Cl. The monoisotopic (exact) mass is 480 g/mol. The van der Waals surface area contributed by atoms with Crippen LogP contribution in [-0.4, -0.2) is 9.91 Å². The molecule has 3 aromatic rings. The Morgan fingerprint density at radius 3 is 1.85 bits per heavy atom. The van der Waals surface area contributed by atoms with E-state index in [-0.39, 0.29) is 42.1 Å². The first-order valence-corrected chi connectivity index (χ1v) is 9.40. The second kappa shape index (κ2) is 8.00. The second-order valence-corrected chi connectivity index (χ2v) is 7.79. The Labute approximate surface area is 183 Å². The van der Waals surface area contributed by atoms with E-state index in [2.05, 4.69) is 4.98 Å². The van der Waals surface area contributed by atoms with Crippen LogP contribution in [0.25, 0.3) is 22.4 Å². The molecular weight excluding hydrogens is 477 g/mol. The Morgan fingerprint density at radius 1 is 0.778 bits per heavy atom. The minimum absolute atomic E-state index is 0.0161. The molecule has 0 spiro atoms. The third kappa shape index (κ3) is 4.11. The Balaban J connectivity index is 2.26. The Hall–Kier alpha value is -1.27. The van der Waals surface area contributed by atoms with Gasteiger partial charge in [-0.3, -0.25) is 10.1 Å². The molecule has 0 aliphatic rings. The number of rotatable bonds is 3. The highest BCUT2D eigenvalue weighted by Crippen LogP contribution is 2.42. The molecule has 27 heavy (non-hydrogen) atoms. The summed E-state index contributed by atoms with van der Waals surface area (Å²) in [6.45, 7) is 0. The molecule has 0 fully saturated rings.